The Kier molecular flexibility index (Phi) is 3.30. The molecule has 0 heterocycles. The molecule has 2 N–H and O–H groups in total. The highest BCUT2D eigenvalue weighted by Crippen LogP contribution is 2.40. The maximum Gasteiger partial charge on any atom is 0.416 e. The molecule has 19 heavy (non-hydrogen) atoms. The van der Waals surface area contributed by atoms with Crippen molar-refractivity contribution in [3.8, 4) is 0 Å². The molecule has 0 aliphatic heterocycles. The highest BCUT2D eigenvalue weighted by atomic mass is 19.4. The monoisotopic (exact) mass is 274 g/mol. The molecule has 0 bridgehead atoms. The normalized spacial score (nSPS) is 26.8. The highest BCUT2D eigenvalue weighted by molar-refractivity contribution is 5.71. The Labute approximate surface area is 107 Å². The van der Waals surface area contributed by atoms with E-state index in [-0.39, 0.29) is 19.3 Å². The van der Waals surface area contributed by atoms with Crippen LogP contribution in [-0.4, -0.2) is 21.8 Å². The zero-order valence-electron chi connectivity index (χ0n) is 9.94. The molecule has 104 valence electrons. The van der Waals surface area contributed by atoms with Crippen LogP contribution in [0.4, 0.5) is 13.2 Å². The van der Waals surface area contributed by atoms with E-state index < -0.39 is 29.2 Å². The Bertz CT molecular complexity index is 473. The lowest BCUT2D eigenvalue weighted by atomic mass is 9.68. The van der Waals surface area contributed by atoms with Crippen LogP contribution >= 0.6 is 0 Å². The predicted octanol–water partition coefficient (Wildman–Crippen LogP) is 2.47. The smallest absolute Gasteiger partial charge is 0.416 e. The van der Waals surface area contributed by atoms with E-state index in [0.29, 0.717) is 5.56 Å². The molecule has 1 aliphatic carbocycles. The van der Waals surface area contributed by atoms with E-state index in [9.17, 15) is 23.1 Å². The van der Waals surface area contributed by atoms with E-state index in [1.165, 1.54) is 12.1 Å². The van der Waals surface area contributed by atoms with E-state index in [0.717, 1.165) is 12.1 Å². The van der Waals surface area contributed by atoms with Gasteiger partial charge in [0, 0.05) is 6.42 Å². The largest absolute Gasteiger partial charge is 0.481 e. The number of carbonyl (C=O) groups is 1. The van der Waals surface area contributed by atoms with Gasteiger partial charge < -0.3 is 10.2 Å². The summed E-state index contributed by atoms with van der Waals surface area (Å²) >= 11 is 0. The molecule has 0 saturated heterocycles. The van der Waals surface area contributed by atoms with Crippen molar-refractivity contribution in [2.24, 2.45) is 5.92 Å². The van der Waals surface area contributed by atoms with E-state index >= 15 is 0 Å². The molecule has 3 nitrogen and oxygen atoms in total. The van der Waals surface area contributed by atoms with Gasteiger partial charge in [0.2, 0.25) is 0 Å². The SMILES string of the molecule is O=C(O)C1CC(O)(Cc2ccc(C(F)(F)F)cc2)C1. The lowest BCUT2D eigenvalue weighted by Crippen LogP contribution is -2.48. The summed E-state index contributed by atoms with van der Waals surface area (Å²) in [6, 6.07) is 4.56. The molecule has 1 aliphatic rings. The lowest BCUT2D eigenvalue weighted by molar-refractivity contribution is -0.158. The third-order valence-electron chi connectivity index (χ3n) is 3.42. The number of halogens is 3. The van der Waals surface area contributed by atoms with Crippen molar-refractivity contribution in [1.29, 1.82) is 0 Å². The van der Waals surface area contributed by atoms with Gasteiger partial charge in [-0.25, -0.2) is 0 Å². The second-order valence-electron chi connectivity index (χ2n) is 5.04. The van der Waals surface area contributed by atoms with Crippen LogP contribution < -0.4 is 0 Å². The summed E-state index contributed by atoms with van der Waals surface area (Å²) in [7, 11) is 0. The predicted molar refractivity (Wildman–Crippen MR) is 60.5 cm³/mol. The number of hydrogen-bond donors (Lipinski definition) is 2. The number of carboxylic acids is 1. The van der Waals surface area contributed by atoms with Crippen LogP contribution in [0.15, 0.2) is 24.3 Å². The van der Waals surface area contributed by atoms with Gasteiger partial charge in [-0.15, -0.1) is 0 Å². The van der Waals surface area contributed by atoms with Gasteiger partial charge in [-0.1, -0.05) is 12.1 Å². The van der Waals surface area contributed by atoms with E-state index in [2.05, 4.69) is 0 Å². The second kappa shape index (κ2) is 4.52. The summed E-state index contributed by atoms with van der Waals surface area (Å²) in [5.41, 5.74) is -1.28. The lowest BCUT2D eigenvalue weighted by Gasteiger charge is -2.41. The molecule has 0 unspecified atom stereocenters. The quantitative estimate of drug-likeness (QED) is 0.890. The summed E-state index contributed by atoms with van der Waals surface area (Å²) in [5.74, 6) is -1.50. The fraction of sp³-hybridized carbons (Fsp3) is 0.462. The maximum absolute atomic E-state index is 12.4. The van der Waals surface area contributed by atoms with Crippen LogP contribution in [0.5, 0.6) is 0 Å². The molecular weight excluding hydrogens is 261 g/mol. The molecule has 0 aromatic heterocycles. The minimum absolute atomic E-state index is 0.142. The van der Waals surface area contributed by atoms with Gasteiger partial charge in [-0.2, -0.15) is 13.2 Å². The van der Waals surface area contributed by atoms with Crippen molar-refractivity contribution in [3.63, 3.8) is 0 Å². The van der Waals surface area contributed by atoms with Gasteiger partial charge in [-0.05, 0) is 30.5 Å². The van der Waals surface area contributed by atoms with Gasteiger partial charge in [0.15, 0.2) is 0 Å². The van der Waals surface area contributed by atoms with Gasteiger partial charge in [0.05, 0.1) is 17.1 Å². The Morgan fingerprint density at radius 1 is 1.26 bits per heavy atom. The molecular formula is C13H13F3O3. The summed E-state index contributed by atoms with van der Waals surface area (Å²) in [4.78, 5) is 10.6. The Morgan fingerprint density at radius 3 is 2.21 bits per heavy atom. The number of alkyl halides is 3. The molecule has 0 atom stereocenters. The van der Waals surface area contributed by atoms with Crippen LogP contribution in [0.3, 0.4) is 0 Å². The Balaban J connectivity index is 2.00. The van der Waals surface area contributed by atoms with Gasteiger partial charge in [0.1, 0.15) is 0 Å². The summed E-state index contributed by atoms with van der Waals surface area (Å²) < 4.78 is 37.1. The second-order valence-corrected chi connectivity index (χ2v) is 5.04. The average Bonchev–Trinajstić information content (AvgIpc) is 2.25. The van der Waals surface area contributed by atoms with Crippen molar-refractivity contribution < 1.29 is 28.2 Å². The minimum atomic E-state index is -4.37. The first-order chi connectivity index (χ1) is 8.70. The molecule has 0 spiro atoms. The van der Waals surface area contributed by atoms with Gasteiger partial charge >= 0.3 is 12.1 Å². The van der Waals surface area contributed by atoms with Gasteiger partial charge in [0.25, 0.3) is 0 Å². The topological polar surface area (TPSA) is 57.5 Å². The van der Waals surface area contributed by atoms with E-state index in [4.69, 9.17) is 5.11 Å². The Morgan fingerprint density at radius 2 is 1.79 bits per heavy atom. The zero-order valence-corrected chi connectivity index (χ0v) is 9.94. The first-order valence-corrected chi connectivity index (χ1v) is 5.81. The van der Waals surface area contributed by atoms with Crippen molar-refractivity contribution in [2.75, 3.05) is 0 Å². The van der Waals surface area contributed by atoms with Gasteiger partial charge in [-0.3, -0.25) is 4.79 Å². The standard InChI is InChI=1S/C13H13F3O3/c14-13(15,16)10-3-1-8(2-4-10)5-12(19)6-9(7-12)11(17)18/h1-4,9,19H,5-7H2,(H,17,18). The van der Waals surface area contributed by atoms with Crippen molar-refractivity contribution >= 4 is 5.97 Å². The number of aliphatic hydroxyl groups is 1. The number of benzene rings is 1. The summed E-state index contributed by atoms with van der Waals surface area (Å²) in [6.45, 7) is 0. The van der Waals surface area contributed by atoms with Crippen molar-refractivity contribution in [3.05, 3.63) is 35.4 Å². The third kappa shape index (κ3) is 3.07. The summed E-state index contributed by atoms with van der Waals surface area (Å²) in [6.07, 6.45) is -3.91. The number of rotatable bonds is 3. The van der Waals surface area contributed by atoms with E-state index in [1.807, 2.05) is 0 Å². The van der Waals surface area contributed by atoms with Crippen LogP contribution in [0, 0.1) is 5.92 Å². The maximum atomic E-state index is 12.4. The van der Waals surface area contributed by atoms with Crippen LogP contribution in [-0.2, 0) is 17.4 Å². The molecule has 0 amide bonds. The fourth-order valence-corrected chi connectivity index (χ4v) is 2.37. The first kappa shape index (κ1) is 13.9. The van der Waals surface area contributed by atoms with Crippen molar-refractivity contribution in [1.82, 2.24) is 0 Å². The minimum Gasteiger partial charge on any atom is -0.481 e. The zero-order chi connectivity index (χ0) is 14.3. The van der Waals surface area contributed by atoms with Crippen LogP contribution in [0.1, 0.15) is 24.0 Å². The Hall–Kier alpha value is -1.56. The van der Waals surface area contributed by atoms with Crippen molar-refractivity contribution in [2.45, 2.75) is 31.0 Å². The van der Waals surface area contributed by atoms with Crippen LogP contribution in [0.25, 0.3) is 0 Å². The van der Waals surface area contributed by atoms with E-state index in [1.54, 1.807) is 0 Å². The number of hydrogen-bond acceptors (Lipinski definition) is 2. The fourth-order valence-electron chi connectivity index (χ4n) is 2.37. The molecule has 2 rings (SSSR count). The molecule has 6 heteroatoms. The molecule has 1 saturated carbocycles. The van der Waals surface area contributed by atoms with Crippen LogP contribution in [0.2, 0.25) is 0 Å². The molecule has 0 radical (unpaired) electrons. The third-order valence-corrected chi connectivity index (χ3v) is 3.42. The number of aliphatic carboxylic acids is 1. The first-order valence-electron chi connectivity index (χ1n) is 5.81. The molecule has 1 aromatic carbocycles. The summed E-state index contributed by atoms with van der Waals surface area (Å²) in [5, 5.41) is 18.7. The molecule has 1 aromatic rings. The highest BCUT2D eigenvalue weighted by Gasteiger charge is 2.46. The average molecular weight is 274 g/mol. The number of carboxylic acid groups (broad SMARTS) is 1. The molecule has 1 fully saturated rings.